The normalized spacial score (nSPS) is 23.7. The van der Waals surface area contributed by atoms with Gasteiger partial charge in [0.25, 0.3) is 0 Å². The fourth-order valence-electron chi connectivity index (χ4n) is 3.68. The van der Waals surface area contributed by atoms with E-state index in [1.165, 1.54) is 43.6 Å². The molecular weight excluding hydrogens is 270 g/mol. The quantitative estimate of drug-likeness (QED) is 0.929. The van der Waals surface area contributed by atoms with Gasteiger partial charge in [0, 0.05) is 25.7 Å². The molecule has 0 aliphatic carbocycles. The zero-order valence-electron chi connectivity index (χ0n) is 12.0. The first kappa shape index (κ1) is 14.2. The lowest BCUT2D eigenvalue weighted by molar-refractivity contribution is 0.273. The molecule has 0 amide bonds. The van der Waals surface area contributed by atoms with Gasteiger partial charge in [-0.2, -0.15) is 0 Å². The van der Waals surface area contributed by atoms with Crippen LogP contribution in [0.5, 0.6) is 0 Å². The molecule has 0 saturated carbocycles. The number of fused-ring (bicyclic) bond motifs is 1. The van der Waals surface area contributed by atoms with Crippen LogP contribution in [0.25, 0.3) is 0 Å². The first-order valence-electron chi connectivity index (χ1n) is 7.76. The van der Waals surface area contributed by atoms with E-state index in [4.69, 9.17) is 17.3 Å². The third-order valence-electron chi connectivity index (χ3n) is 4.60. The molecule has 3 rings (SSSR count). The van der Waals surface area contributed by atoms with Crippen LogP contribution in [0.3, 0.4) is 0 Å². The van der Waals surface area contributed by atoms with Gasteiger partial charge in [-0.05, 0) is 50.4 Å². The van der Waals surface area contributed by atoms with E-state index in [1.54, 1.807) is 0 Å². The van der Waals surface area contributed by atoms with Crippen molar-refractivity contribution in [3.63, 3.8) is 0 Å². The molecule has 0 radical (unpaired) electrons. The number of anilines is 1. The minimum absolute atomic E-state index is 0.677. The van der Waals surface area contributed by atoms with Gasteiger partial charge >= 0.3 is 0 Å². The van der Waals surface area contributed by atoms with Crippen molar-refractivity contribution in [2.75, 3.05) is 37.6 Å². The molecule has 110 valence electrons. The number of nitrogens with two attached hydrogens (primary N) is 1. The number of para-hydroxylation sites is 1. The molecule has 1 aromatic rings. The lowest BCUT2D eigenvalue weighted by Gasteiger charge is -2.29. The van der Waals surface area contributed by atoms with Crippen LogP contribution in [0.15, 0.2) is 18.2 Å². The molecule has 2 aliphatic rings. The minimum atomic E-state index is 0.677. The van der Waals surface area contributed by atoms with Crippen LogP contribution >= 0.6 is 11.6 Å². The van der Waals surface area contributed by atoms with Crippen LogP contribution in [0, 0.1) is 0 Å². The molecule has 2 fully saturated rings. The Morgan fingerprint density at radius 1 is 1.20 bits per heavy atom. The Hall–Kier alpha value is -0.770. The lowest BCUT2D eigenvalue weighted by atomic mass is 10.1. The summed E-state index contributed by atoms with van der Waals surface area (Å²) in [5.41, 5.74) is 8.28. The van der Waals surface area contributed by atoms with Crippen LogP contribution in [-0.2, 0) is 6.42 Å². The van der Waals surface area contributed by atoms with Gasteiger partial charge in [-0.15, -0.1) is 0 Å². The summed E-state index contributed by atoms with van der Waals surface area (Å²) >= 11 is 6.50. The highest BCUT2D eigenvalue weighted by atomic mass is 35.5. The summed E-state index contributed by atoms with van der Waals surface area (Å²) in [4.78, 5) is 5.16. The summed E-state index contributed by atoms with van der Waals surface area (Å²) in [6.45, 7) is 5.40. The second-order valence-corrected chi connectivity index (χ2v) is 6.33. The molecule has 2 heterocycles. The largest absolute Gasteiger partial charge is 0.368 e. The van der Waals surface area contributed by atoms with E-state index < -0.39 is 0 Å². The van der Waals surface area contributed by atoms with Gasteiger partial charge in [-0.1, -0.05) is 23.7 Å². The molecule has 2 aliphatic heterocycles. The Labute approximate surface area is 126 Å². The number of hydrogen-bond donors (Lipinski definition) is 1. The van der Waals surface area contributed by atoms with E-state index >= 15 is 0 Å². The van der Waals surface area contributed by atoms with Crippen molar-refractivity contribution < 1.29 is 0 Å². The summed E-state index contributed by atoms with van der Waals surface area (Å²) in [6.07, 6.45) is 4.80. The Morgan fingerprint density at radius 3 is 2.90 bits per heavy atom. The molecule has 2 N–H and O–H groups in total. The predicted octanol–water partition coefficient (Wildman–Crippen LogP) is 2.52. The Kier molecular flexibility index (Phi) is 4.49. The van der Waals surface area contributed by atoms with Crippen molar-refractivity contribution >= 4 is 17.3 Å². The number of nitrogens with zero attached hydrogens (tertiary/aromatic N) is 2. The smallest absolute Gasteiger partial charge is 0.0642 e. The first-order chi connectivity index (χ1) is 9.79. The van der Waals surface area contributed by atoms with Gasteiger partial charge in [0.2, 0.25) is 0 Å². The van der Waals surface area contributed by atoms with E-state index in [1.807, 2.05) is 12.1 Å². The molecule has 0 aromatic heterocycles. The van der Waals surface area contributed by atoms with Crippen molar-refractivity contribution in [2.24, 2.45) is 5.73 Å². The van der Waals surface area contributed by atoms with Gasteiger partial charge in [0.1, 0.15) is 0 Å². The first-order valence-corrected chi connectivity index (χ1v) is 8.14. The van der Waals surface area contributed by atoms with Crippen LogP contribution in [0.1, 0.15) is 24.8 Å². The van der Waals surface area contributed by atoms with Gasteiger partial charge in [-0.3, -0.25) is 4.90 Å². The highest BCUT2D eigenvalue weighted by Gasteiger charge is 2.29. The molecule has 4 heteroatoms. The number of benzene rings is 1. The average molecular weight is 294 g/mol. The Morgan fingerprint density at radius 2 is 2.05 bits per heavy atom. The van der Waals surface area contributed by atoms with Gasteiger partial charge < -0.3 is 10.6 Å². The molecule has 0 bridgehead atoms. The Balaban J connectivity index is 1.87. The summed E-state index contributed by atoms with van der Waals surface area (Å²) in [5, 5.41) is 0.877. The summed E-state index contributed by atoms with van der Waals surface area (Å²) in [6, 6.07) is 6.93. The predicted molar refractivity (Wildman–Crippen MR) is 85.6 cm³/mol. The monoisotopic (exact) mass is 293 g/mol. The van der Waals surface area contributed by atoms with Crippen LogP contribution in [0.4, 0.5) is 5.69 Å². The lowest BCUT2D eigenvalue weighted by Crippen LogP contribution is -2.37. The molecule has 0 spiro atoms. The maximum atomic E-state index is 6.50. The van der Waals surface area contributed by atoms with E-state index in [2.05, 4.69) is 15.9 Å². The fraction of sp³-hybridized carbons (Fsp3) is 0.625. The highest BCUT2D eigenvalue weighted by molar-refractivity contribution is 6.33. The van der Waals surface area contributed by atoms with Gasteiger partial charge in [-0.25, -0.2) is 0 Å². The maximum absolute atomic E-state index is 6.50. The van der Waals surface area contributed by atoms with Crippen molar-refractivity contribution in [3.05, 3.63) is 28.8 Å². The number of hydrogen-bond acceptors (Lipinski definition) is 3. The SMILES string of the molecule is NCCc1cccc(Cl)c1N1CCCN2CCCC2C1. The van der Waals surface area contributed by atoms with E-state index in [0.29, 0.717) is 12.6 Å². The second-order valence-electron chi connectivity index (χ2n) is 5.92. The highest BCUT2D eigenvalue weighted by Crippen LogP contribution is 2.33. The van der Waals surface area contributed by atoms with Crippen molar-refractivity contribution in [1.29, 1.82) is 0 Å². The molecule has 1 atom stereocenters. The van der Waals surface area contributed by atoms with Crippen molar-refractivity contribution in [2.45, 2.75) is 31.7 Å². The molecular formula is C16H24ClN3. The molecule has 2 saturated heterocycles. The molecule has 1 aromatic carbocycles. The van der Waals surface area contributed by atoms with Crippen molar-refractivity contribution in [3.8, 4) is 0 Å². The van der Waals surface area contributed by atoms with Crippen molar-refractivity contribution in [1.82, 2.24) is 4.90 Å². The van der Waals surface area contributed by atoms with Crippen LogP contribution < -0.4 is 10.6 Å². The standard InChI is InChI=1S/C16H24ClN3/c17-15-6-1-4-13(7-8-18)16(15)20-11-3-10-19-9-2-5-14(19)12-20/h1,4,6,14H,2-3,5,7-12,18H2. The minimum Gasteiger partial charge on any atom is -0.368 e. The third-order valence-corrected chi connectivity index (χ3v) is 4.91. The van der Waals surface area contributed by atoms with E-state index in [0.717, 1.165) is 24.5 Å². The zero-order valence-corrected chi connectivity index (χ0v) is 12.8. The van der Waals surface area contributed by atoms with Gasteiger partial charge in [0.15, 0.2) is 0 Å². The second kappa shape index (κ2) is 6.33. The van der Waals surface area contributed by atoms with Crippen LogP contribution in [0.2, 0.25) is 5.02 Å². The van der Waals surface area contributed by atoms with Crippen LogP contribution in [-0.4, -0.2) is 43.7 Å². The summed E-state index contributed by atoms with van der Waals surface area (Å²) in [7, 11) is 0. The fourth-order valence-corrected chi connectivity index (χ4v) is 3.99. The molecule has 1 unspecified atom stereocenters. The number of rotatable bonds is 3. The molecule has 3 nitrogen and oxygen atoms in total. The Bertz CT molecular complexity index is 463. The average Bonchev–Trinajstić information content (AvgIpc) is 2.77. The zero-order chi connectivity index (χ0) is 13.9. The summed E-state index contributed by atoms with van der Waals surface area (Å²) in [5.74, 6) is 0. The van der Waals surface area contributed by atoms with E-state index in [-0.39, 0.29) is 0 Å². The molecule has 20 heavy (non-hydrogen) atoms. The number of halogens is 1. The summed E-state index contributed by atoms with van der Waals surface area (Å²) < 4.78 is 0. The topological polar surface area (TPSA) is 32.5 Å². The maximum Gasteiger partial charge on any atom is 0.0642 e. The third kappa shape index (κ3) is 2.80. The van der Waals surface area contributed by atoms with E-state index in [9.17, 15) is 0 Å². The van der Waals surface area contributed by atoms with Gasteiger partial charge in [0.05, 0.1) is 10.7 Å².